The van der Waals surface area contributed by atoms with Crippen LogP contribution in [0.15, 0.2) is 24.4 Å². The molecule has 2 N–H and O–H groups in total. The van der Waals surface area contributed by atoms with Crippen molar-refractivity contribution in [1.29, 1.82) is 0 Å². The van der Waals surface area contributed by atoms with E-state index in [0.717, 1.165) is 17.3 Å². The van der Waals surface area contributed by atoms with E-state index in [0.29, 0.717) is 24.9 Å². The largest absolute Gasteiger partial charge is 0.465 e. The molecule has 0 spiro atoms. The zero-order valence-electron chi connectivity index (χ0n) is 13.4. The first-order chi connectivity index (χ1) is 10.9. The number of Topliss-reactive ketones (excluding diaryl/α,β-unsaturated/α-hetero) is 1. The molecule has 2 heterocycles. The minimum absolute atomic E-state index is 0.103. The van der Waals surface area contributed by atoms with Crippen LogP contribution in [-0.4, -0.2) is 44.2 Å². The molecule has 2 aromatic rings. The van der Waals surface area contributed by atoms with E-state index in [1.54, 1.807) is 18.3 Å². The smallest absolute Gasteiger partial charge is 0.408 e. The van der Waals surface area contributed by atoms with Crippen molar-refractivity contribution in [1.82, 2.24) is 15.1 Å². The van der Waals surface area contributed by atoms with Crippen molar-refractivity contribution in [2.45, 2.75) is 38.6 Å². The number of ketones is 1. The highest BCUT2D eigenvalue weighted by atomic mass is 16.4. The van der Waals surface area contributed by atoms with Crippen LogP contribution in [-0.2, 0) is 0 Å². The maximum atomic E-state index is 13.2. The lowest BCUT2D eigenvalue weighted by molar-refractivity contribution is 0.0585. The summed E-state index contributed by atoms with van der Waals surface area (Å²) in [6.07, 6.45) is 2.51. The quantitative estimate of drug-likeness (QED) is 0.848. The maximum Gasteiger partial charge on any atom is 0.408 e. The van der Waals surface area contributed by atoms with Gasteiger partial charge in [0.2, 0.25) is 0 Å². The fourth-order valence-corrected chi connectivity index (χ4v) is 3.73. The third-order valence-electron chi connectivity index (χ3n) is 4.59. The number of fused-ring (bicyclic) bond motifs is 1. The molecule has 0 bridgehead atoms. The maximum absolute atomic E-state index is 13.2. The summed E-state index contributed by atoms with van der Waals surface area (Å²) in [6, 6.07) is 5.36. The number of aromatic nitrogens is 2. The van der Waals surface area contributed by atoms with Gasteiger partial charge < -0.3 is 5.11 Å². The van der Waals surface area contributed by atoms with Gasteiger partial charge in [0.25, 0.3) is 0 Å². The first kappa shape index (κ1) is 15.5. The number of aromatic amines is 1. The highest BCUT2D eigenvalue weighted by Crippen LogP contribution is 2.38. The van der Waals surface area contributed by atoms with Crippen LogP contribution in [0.4, 0.5) is 4.79 Å². The SMILES string of the molecule is CC(C)CC1(C(=O)c2ccc3[nH]ncc3c2)CCCN1C(=O)O. The monoisotopic (exact) mass is 315 g/mol. The lowest BCUT2D eigenvalue weighted by Gasteiger charge is -2.37. The molecule has 1 aliphatic heterocycles. The van der Waals surface area contributed by atoms with Crippen molar-refractivity contribution >= 4 is 22.8 Å². The zero-order valence-corrected chi connectivity index (χ0v) is 13.4. The molecular formula is C17H21N3O3. The summed E-state index contributed by atoms with van der Waals surface area (Å²) in [5.74, 6) is 0.130. The standard InChI is InChI=1S/C17H21N3O3/c1-11(2)9-17(6-3-7-20(17)16(22)23)15(21)12-4-5-14-13(8-12)10-18-19-14/h4-5,8,10-11H,3,6-7,9H2,1-2H3,(H,18,19)(H,22,23). The Morgan fingerprint density at radius 1 is 1.43 bits per heavy atom. The molecule has 1 amide bonds. The fraction of sp³-hybridized carbons (Fsp3) is 0.471. The highest BCUT2D eigenvalue weighted by Gasteiger charge is 2.50. The van der Waals surface area contributed by atoms with Crippen LogP contribution >= 0.6 is 0 Å². The van der Waals surface area contributed by atoms with Gasteiger partial charge in [0.15, 0.2) is 5.78 Å². The van der Waals surface area contributed by atoms with Gasteiger partial charge >= 0.3 is 6.09 Å². The number of carbonyl (C=O) groups excluding carboxylic acids is 1. The van der Waals surface area contributed by atoms with Gasteiger partial charge in [-0.3, -0.25) is 14.8 Å². The molecule has 0 aliphatic carbocycles. The molecule has 6 nitrogen and oxygen atoms in total. The van der Waals surface area contributed by atoms with E-state index in [1.165, 1.54) is 4.90 Å². The van der Waals surface area contributed by atoms with Crippen LogP contribution in [0.1, 0.15) is 43.5 Å². The third kappa shape index (κ3) is 2.58. The molecule has 3 rings (SSSR count). The van der Waals surface area contributed by atoms with Crippen LogP contribution in [0, 0.1) is 5.92 Å². The molecule has 1 saturated heterocycles. The number of likely N-dealkylation sites (tertiary alicyclic amines) is 1. The normalized spacial score (nSPS) is 21.3. The van der Waals surface area contributed by atoms with Crippen LogP contribution in [0.3, 0.4) is 0 Å². The minimum Gasteiger partial charge on any atom is -0.465 e. The van der Waals surface area contributed by atoms with Gasteiger partial charge in [0, 0.05) is 17.5 Å². The second-order valence-electron chi connectivity index (χ2n) is 6.67. The van der Waals surface area contributed by atoms with Crippen molar-refractivity contribution < 1.29 is 14.7 Å². The van der Waals surface area contributed by atoms with Gasteiger partial charge in [-0.1, -0.05) is 13.8 Å². The Morgan fingerprint density at radius 2 is 2.22 bits per heavy atom. The van der Waals surface area contributed by atoms with E-state index in [-0.39, 0.29) is 11.7 Å². The number of nitrogens with one attached hydrogen (secondary N) is 1. The van der Waals surface area contributed by atoms with Gasteiger partial charge in [-0.2, -0.15) is 5.10 Å². The molecule has 1 unspecified atom stereocenters. The second kappa shape index (κ2) is 5.68. The molecule has 1 aromatic carbocycles. The topological polar surface area (TPSA) is 86.3 Å². The average Bonchev–Trinajstić information content (AvgIpc) is 3.11. The molecule has 23 heavy (non-hydrogen) atoms. The van der Waals surface area contributed by atoms with E-state index in [2.05, 4.69) is 10.2 Å². The zero-order chi connectivity index (χ0) is 16.6. The van der Waals surface area contributed by atoms with E-state index in [1.807, 2.05) is 19.9 Å². The van der Waals surface area contributed by atoms with Crippen molar-refractivity contribution in [2.24, 2.45) is 5.92 Å². The molecule has 122 valence electrons. The molecule has 1 aliphatic rings. The minimum atomic E-state index is -1.01. The van der Waals surface area contributed by atoms with Gasteiger partial charge in [-0.05, 0) is 43.4 Å². The number of H-pyrrole nitrogens is 1. The third-order valence-corrected chi connectivity index (χ3v) is 4.59. The van der Waals surface area contributed by atoms with E-state index < -0.39 is 11.6 Å². The van der Waals surface area contributed by atoms with Crippen LogP contribution in [0.25, 0.3) is 10.9 Å². The Bertz CT molecular complexity index is 752. The van der Waals surface area contributed by atoms with E-state index in [4.69, 9.17) is 0 Å². The Hall–Kier alpha value is -2.37. The summed E-state index contributed by atoms with van der Waals surface area (Å²) in [4.78, 5) is 26.3. The number of nitrogens with zero attached hydrogens (tertiary/aromatic N) is 2. The van der Waals surface area contributed by atoms with Crippen LogP contribution in [0.5, 0.6) is 0 Å². The lowest BCUT2D eigenvalue weighted by atomic mass is 9.80. The molecule has 1 atom stereocenters. The summed E-state index contributed by atoms with van der Waals surface area (Å²) in [5.41, 5.74) is 0.464. The highest BCUT2D eigenvalue weighted by molar-refractivity contribution is 6.06. The molecule has 0 saturated carbocycles. The summed E-state index contributed by atoms with van der Waals surface area (Å²) < 4.78 is 0. The predicted molar refractivity (Wildman–Crippen MR) is 86.6 cm³/mol. The first-order valence-electron chi connectivity index (χ1n) is 7.92. The van der Waals surface area contributed by atoms with Crippen molar-refractivity contribution in [3.8, 4) is 0 Å². The molecule has 1 aromatic heterocycles. The number of hydrogen-bond donors (Lipinski definition) is 2. The van der Waals surface area contributed by atoms with Gasteiger partial charge in [0.1, 0.15) is 5.54 Å². The van der Waals surface area contributed by atoms with Gasteiger partial charge in [-0.15, -0.1) is 0 Å². The number of carbonyl (C=O) groups is 2. The second-order valence-corrected chi connectivity index (χ2v) is 6.67. The number of rotatable bonds is 4. The first-order valence-corrected chi connectivity index (χ1v) is 7.92. The Balaban J connectivity index is 2.04. The Labute approximate surface area is 134 Å². The Kier molecular flexibility index (Phi) is 3.83. The Morgan fingerprint density at radius 3 is 2.91 bits per heavy atom. The average molecular weight is 315 g/mol. The molecular weight excluding hydrogens is 294 g/mol. The van der Waals surface area contributed by atoms with Crippen molar-refractivity contribution in [2.75, 3.05) is 6.54 Å². The van der Waals surface area contributed by atoms with E-state index in [9.17, 15) is 14.7 Å². The fourth-order valence-electron chi connectivity index (χ4n) is 3.73. The summed E-state index contributed by atoms with van der Waals surface area (Å²) in [5, 5.41) is 17.2. The summed E-state index contributed by atoms with van der Waals surface area (Å²) >= 11 is 0. The van der Waals surface area contributed by atoms with Gasteiger partial charge in [0.05, 0.1) is 11.7 Å². The summed E-state index contributed by atoms with van der Waals surface area (Å²) in [6.45, 7) is 4.46. The molecule has 0 radical (unpaired) electrons. The van der Waals surface area contributed by atoms with Crippen LogP contribution < -0.4 is 0 Å². The van der Waals surface area contributed by atoms with Crippen LogP contribution in [0.2, 0.25) is 0 Å². The lowest BCUT2D eigenvalue weighted by Crippen LogP contribution is -2.53. The van der Waals surface area contributed by atoms with E-state index >= 15 is 0 Å². The number of hydrogen-bond acceptors (Lipinski definition) is 3. The summed E-state index contributed by atoms with van der Waals surface area (Å²) in [7, 11) is 0. The van der Waals surface area contributed by atoms with Gasteiger partial charge in [-0.25, -0.2) is 4.79 Å². The molecule has 6 heteroatoms. The number of benzene rings is 1. The van der Waals surface area contributed by atoms with Crippen molar-refractivity contribution in [3.63, 3.8) is 0 Å². The van der Waals surface area contributed by atoms with Crippen molar-refractivity contribution in [3.05, 3.63) is 30.0 Å². The molecule has 1 fully saturated rings. The number of amides is 1. The number of carboxylic acid groups (broad SMARTS) is 1. The predicted octanol–water partition coefficient (Wildman–Crippen LogP) is 3.30.